The molecule has 3 fully saturated rings. The highest BCUT2D eigenvalue weighted by Gasteiger charge is 2.48. The van der Waals surface area contributed by atoms with Gasteiger partial charge in [0.05, 0.1) is 12.6 Å². The molecule has 0 N–H and O–H groups in total. The van der Waals surface area contributed by atoms with Crippen molar-refractivity contribution in [1.82, 2.24) is 19.7 Å². The van der Waals surface area contributed by atoms with Crippen molar-refractivity contribution >= 4 is 17.7 Å². The molecule has 138 valence electrons. The van der Waals surface area contributed by atoms with Gasteiger partial charge in [0.1, 0.15) is 6.61 Å². The molecule has 0 radical (unpaired) electrons. The molecular weight excluding hydrogens is 336 g/mol. The summed E-state index contributed by atoms with van der Waals surface area (Å²) in [6.45, 7) is 0.913. The van der Waals surface area contributed by atoms with Crippen LogP contribution in [0.25, 0.3) is 0 Å². The lowest BCUT2D eigenvalue weighted by atomic mass is 9.97. The quantitative estimate of drug-likeness (QED) is 0.748. The number of likely N-dealkylation sites (N-methyl/N-ethyl adjacent to an activating group) is 1. The van der Waals surface area contributed by atoms with E-state index in [-0.39, 0.29) is 36.9 Å². The lowest BCUT2D eigenvalue weighted by Crippen LogP contribution is -2.59. The number of hydrogen-bond acceptors (Lipinski definition) is 5. The SMILES string of the molecule is CN1CCN(C(=O)[C@H]2OCC(=O)N(C3CC3)[C@@H]2c2cccnc2)CC1=O. The highest BCUT2D eigenvalue weighted by Crippen LogP contribution is 2.39. The molecule has 2 saturated heterocycles. The summed E-state index contributed by atoms with van der Waals surface area (Å²) in [5.74, 6) is -0.424. The Bertz CT molecular complexity index is 721. The Labute approximate surface area is 151 Å². The average molecular weight is 358 g/mol. The maximum atomic E-state index is 13.2. The van der Waals surface area contributed by atoms with E-state index >= 15 is 0 Å². The van der Waals surface area contributed by atoms with Gasteiger partial charge in [0.25, 0.3) is 5.91 Å². The first-order valence-electron chi connectivity index (χ1n) is 8.91. The summed E-state index contributed by atoms with van der Waals surface area (Å²) in [6.07, 6.45) is 4.41. The molecule has 3 heterocycles. The van der Waals surface area contributed by atoms with Gasteiger partial charge in [0, 0.05) is 38.6 Å². The van der Waals surface area contributed by atoms with Crippen LogP contribution in [0.15, 0.2) is 24.5 Å². The number of rotatable bonds is 3. The van der Waals surface area contributed by atoms with Gasteiger partial charge in [-0.2, -0.15) is 0 Å². The molecule has 1 aliphatic carbocycles. The summed E-state index contributed by atoms with van der Waals surface area (Å²) in [4.78, 5) is 46.7. The Balaban J connectivity index is 1.63. The number of hydrogen-bond donors (Lipinski definition) is 0. The van der Waals surface area contributed by atoms with Gasteiger partial charge < -0.3 is 19.4 Å². The molecule has 0 aromatic carbocycles. The van der Waals surface area contributed by atoms with Crippen molar-refractivity contribution in [1.29, 1.82) is 0 Å². The average Bonchev–Trinajstić information content (AvgIpc) is 3.49. The Morgan fingerprint density at radius 1 is 1.23 bits per heavy atom. The molecule has 8 heteroatoms. The molecule has 3 amide bonds. The van der Waals surface area contributed by atoms with Crippen molar-refractivity contribution in [2.45, 2.75) is 31.0 Å². The fraction of sp³-hybridized carbons (Fsp3) is 0.556. The normalized spacial score (nSPS) is 27.0. The highest BCUT2D eigenvalue weighted by atomic mass is 16.5. The monoisotopic (exact) mass is 358 g/mol. The van der Waals surface area contributed by atoms with E-state index in [2.05, 4.69) is 4.98 Å². The van der Waals surface area contributed by atoms with E-state index in [0.29, 0.717) is 13.1 Å². The fourth-order valence-corrected chi connectivity index (χ4v) is 3.63. The third kappa shape index (κ3) is 3.05. The molecule has 2 atom stereocenters. The second-order valence-electron chi connectivity index (χ2n) is 7.07. The first kappa shape index (κ1) is 17.0. The number of nitrogens with zero attached hydrogens (tertiary/aromatic N) is 4. The van der Waals surface area contributed by atoms with Crippen LogP contribution in [0.1, 0.15) is 24.4 Å². The van der Waals surface area contributed by atoms with Crippen molar-refractivity contribution in [3.05, 3.63) is 30.1 Å². The third-order valence-electron chi connectivity index (χ3n) is 5.24. The number of ether oxygens (including phenoxy) is 1. The van der Waals surface area contributed by atoms with Gasteiger partial charge in [-0.05, 0) is 24.5 Å². The third-order valence-corrected chi connectivity index (χ3v) is 5.24. The Hall–Kier alpha value is -2.48. The summed E-state index contributed by atoms with van der Waals surface area (Å²) in [6, 6.07) is 3.31. The van der Waals surface area contributed by atoms with Gasteiger partial charge in [-0.25, -0.2) is 0 Å². The summed E-state index contributed by atoms with van der Waals surface area (Å²) < 4.78 is 5.71. The molecule has 0 unspecified atom stereocenters. The number of pyridine rings is 1. The Morgan fingerprint density at radius 2 is 2.04 bits per heavy atom. The summed E-state index contributed by atoms with van der Waals surface area (Å²) >= 11 is 0. The van der Waals surface area contributed by atoms with Crippen molar-refractivity contribution < 1.29 is 19.1 Å². The molecule has 3 aliphatic rings. The van der Waals surface area contributed by atoms with Crippen molar-refractivity contribution in [3.63, 3.8) is 0 Å². The zero-order chi connectivity index (χ0) is 18.3. The van der Waals surface area contributed by atoms with Crippen LogP contribution in [0.4, 0.5) is 0 Å². The standard InChI is InChI=1S/C18H22N4O4/c1-20-7-8-21(10-14(20)23)18(25)17-16(12-3-2-6-19-9-12)22(13-4-5-13)15(24)11-26-17/h2-3,6,9,13,16-17H,4-5,7-8,10-11H2,1H3/t16-,17+/m1/s1. The fourth-order valence-electron chi connectivity index (χ4n) is 3.63. The molecule has 1 saturated carbocycles. The first-order chi connectivity index (χ1) is 12.6. The minimum atomic E-state index is -0.811. The van der Waals surface area contributed by atoms with Crippen molar-refractivity contribution in [2.75, 3.05) is 33.3 Å². The molecule has 2 aliphatic heterocycles. The summed E-state index contributed by atoms with van der Waals surface area (Å²) in [5.41, 5.74) is 0.784. The van der Waals surface area contributed by atoms with Crippen molar-refractivity contribution in [3.8, 4) is 0 Å². The first-order valence-corrected chi connectivity index (χ1v) is 8.91. The maximum Gasteiger partial charge on any atom is 0.254 e. The van der Waals surface area contributed by atoms with Crippen LogP contribution in [-0.4, -0.2) is 82.8 Å². The number of carbonyl (C=O) groups excluding carboxylic acids is 3. The number of aromatic nitrogens is 1. The van der Waals surface area contributed by atoms with Gasteiger partial charge in [-0.1, -0.05) is 6.07 Å². The number of morpholine rings is 1. The van der Waals surface area contributed by atoms with E-state index in [4.69, 9.17) is 4.74 Å². The Kier molecular flexibility index (Phi) is 4.36. The number of carbonyl (C=O) groups is 3. The second-order valence-corrected chi connectivity index (χ2v) is 7.07. The van der Waals surface area contributed by atoms with E-state index in [1.807, 2.05) is 6.07 Å². The van der Waals surface area contributed by atoms with Crippen LogP contribution >= 0.6 is 0 Å². The molecular formula is C18H22N4O4. The lowest BCUT2D eigenvalue weighted by molar-refractivity contribution is -0.172. The molecule has 0 spiro atoms. The maximum absolute atomic E-state index is 13.2. The molecule has 1 aromatic heterocycles. The largest absolute Gasteiger partial charge is 0.356 e. The Morgan fingerprint density at radius 3 is 2.69 bits per heavy atom. The van der Waals surface area contributed by atoms with Crippen LogP contribution in [0, 0.1) is 0 Å². The highest BCUT2D eigenvalue weighted by molar-refractivity contribution is 5.90. The smallest absolute Gasteiger partial charge is 0.254 e. The minimum absolute atomic E-state index is 0.0479. The van der Waals surface area contributed by atoms with E-state index in [0.717, 1.165) is 18.4 Å². The van der Waals surface area contributed by atoms with E-state index in [1.165, 1.54) is 4.90 Å². The molecule has 8 nitrogen and oxygen atoms in total. The zero-order valence-electron chi connectivity index (χ0n) is 14.7. The van der Waals surface area contributed by atoms with Gasteiger partial charge in [0.2, 0.25) is 11.8 Å². The van der Waals surface area contributed by atoms with E-state index in [1.54, 1.807) is 35.3 Å². The number of piperazine rings is 1. The van der Waals surface area contributed by atoms with Crippen LogP contribution in [0.5, 0.6) is 0 Å². The predicted molar refractivity (Wildman–Crippen MR) is 90.8 cm³/mol. The molecule has 4 rings (SSSR count). The van der Waals surface area contributed by atoms with Crippen LogP contribution in [0.2, 0.25) is 0 Å². The zero-order valence-corrected chi connectivity index (χ0v) is 14.7. The second kappa shape index (κ2) is 6.68. The van der Waals surface area contributed by atoms with Gasteiger partial charge in [0.15, 0.2) is 6.10 Å². The van der Waals surface area contributed by atoms with Gasteiger partial charge in [-0.3, -0.25) is 19.4 Å². The number of amides is 3. The van der Waals surface area contributed by atoms with Crippen LogP contribution in [0.3, 0.4) is 0 Å². The topological polar surface area (TPSA) is 83.1 Å². The molecule has 0 bridgehead atoms. The minimum Gasteiger partial charge on any atom is -0.356 e. The van der Waals surface area contributed by atoms with Crippen LogP contribution < -0.4 is 0 Å². The van der Waals surface area contributed by atoms with Crippen molar-refractivity contribution in [2.24, 2.45) is 0 Å². The molecule has 26 heavy (non-hydrogen) atoms. The van der Waals surface area contributed by atoms with E-state index < -0.39 is 12.1 Å². The van der Waals surface area contributed by atoms with E-state index in [9.17, 15) is 14.4 Å². The summed E-state index contributed by atoms with van der Waals surface area (Å²) in [5, 5.41) is 0. The van der Waals surface area contributed by atoms with Gasteiger partial charge in [-0.15, -0.1) is 0 Å². The predicted octanol–water partition coefficient (Wildman–Crippen LogP) is -0.187. The lowest BCUT2D eigenvalue weighted by Gasteiger charge is -2.43. The van der Waals surface area contributed by atoms with Gasteiger partial charge >= 0.3 is 0 Å². The molecule has 1 aromatic rings. The van der Waals surface area contributed by atoms with Crippen LogP contribution in [-0.2, 0) is 19.1 Å². The summed E-state index contributed by atoms with van der Waals surface area (Å²) in [7, 11) is 1.73.